The molecule has 2 atom stereocenters. The molecule has 0 radical (unpaired) electrons. The topological polar surface area (TPSA) is 70.1 Å². The molecule has 1 aromatic rings. The standard InChI is InChI=1S/C20H21N3O/c1-14-2-5-18(12-19(14)22)20(24)23-10-8-17(9-11-23)16-6-3-15(13-21)4-7-16/h3-8,10,12,14,17H,2,9,11,22H2,1H3/t14-,17?/m1/s1. The minimum Gasteiger partial charge on any atom is -0.402 e. The third-order valence-electron chi connectivity index (χ3n) is 4.74. The van der Waals surface area contributed by atoms with E-state index in [4.69, 9.17) is 11.0 Å². The maximum Gasteiger partial charge on any atom is 0.257 e. The highest BCUT2D eigenvalue weighted by atomic mass is 16.2. The molecule has 0 aromatic heterocycles. The van der Waals surface area contributed by atoms with Crippen LogP contribution in [0.2, 0.25) is 0 Å². The van der Waals surface area contributed by atoms with Gasteiger partial charge in [-0.2, -0.15) is 5.26 Å². The van der Waals surface area contributed by atoms with Gasteiger partial charge < -0.3 is 10.6 Å². The summed E-state index contributed by atoms with van der Waals surface area (Å²) in [6.45, 7) is 2.74. The molecule has 1 aliphatic heterocycles. The molecule has 122 valence electrons. The van der Waals surface area contributed by atoms with Crippen molar-refractivity contribution in [3.8, 4) is 6.07 Å². The SMILES string of the molecule is C[C@@H]1CC=C(C(=O)N2C=CC(c3ccc(C#N)cc3)CC2)C=C1N. The van der Waals surface area contributed by atoms with Crippen molar-refractivity contribution in [2.24, 2.45) is 11.7 Å². The lowest BCUT2D eigenvalue weighted by atomic mass is 9.91. The van der Waals surface area contributed by atoms with E-state index in [0.717, 1.165) is 18.5 Å². The molecule has 24 heavy (non-hydrogen) atoms. The number of carbonyl (C=O) groups is 1. The van der Waals surface area contributed by atoms with Gasteiger partial charge >= 0.3 is 0 Å². The second kappa shape index (κ2) is 6.76. The van der Waals surface area contributed by atoms with Crippen LogP contribution in [-0.4, -0.2) is 17.4 Å². The summed E-state index contributed by atoms with van der Waals surface area (Å²) in [4.78, 5) is 14.4. The van der Waals surface area contributed by atoms with Crippen LogP contribution >= 0.6 is 0 Å². The zero-order chi connectivity index (χ0) is 17.1. The van der Waals surface area contributed by atoms with Gasteiger partial charge in [0.2, 0.25) is 0 Å². The molecule has 0 fully saturated rings. The molecule has 2 aliphatic rings. The number of rotatable bonds is 2. The number of carbonyl (C=O) groups excluding carboxylic acids is 1. The smallest absolute Gasteiger partial charge is 0.257 e. The molecule has 1 amide bonds. The fourth-order valence-electron chi connectivity index (χ4n) is 3.04. The average molecular weight is 319 g/mol. The first-order valence-corrected chi connectivity index (χ1v) is 8.25. The van der Waals surface area contributed by atoms with Gasteiger partial charge in [0.25, 0.3) is 5.91 Å². The van der Waals surface area contributed by atoms with Crippen molar-refractivity contribution in [3.05, 3.63) is 71.1 Å². The Labute approximate surface area is 142 Å². The zero-order valence-electron chi connectivity index (χ0n) is 13.8. The van der Waals surface area contributed by atoms with Gasteiger partial charge in [-0.05, 0) is 42.5 Å². The van der Waals surface area contributed by atoms with Gasteiger partial charge in [-0.25, -0.2) is 0 Å². The van der Waals surface area contributed by atoms with Crippen LogP contribution in [0, 0.1) is 17.2 Å². The third kappa shape index (κ3) is 3.26. The summed E-state index contributed by atoms with van der Waals surface area (Å²) in [7, 11) is 0. The minimum atomic E-state index is 0.0133. The van der Waals surface area contributed by atoms with E-state index in [1.54, 1.807) is 11.0 Å². The van der Waals surface area contributed by atoms with Crippen LogP contribution in [0.5, 0.6) is 0 Å². The maximum atomic E-state index is 12.6. The second-order valence-electron chi connectivity index (χ2n) is 6.41. The molecular formula is C20H21N3O. The van der Waals surface area contributed by atoms with Crippen molar-refractivity contribution >= 4 is 5.91 Å². The molecule has 1 heterocycles. The van der Waals surface area contributed by atoms with Gasteiger partial charge in [-0.1, -0.05) is 31.2 Å². The van der Waals surface area contributed by atoms with Crippen molar-refractivity contribution in [1.29, 1.82) is 5.26 Å². The first-order chi connectivity index (χ1) is 11.6. The molecule has 0 saturated carbocycles. The fraction of sp³-hybridized carbons (Fsp3) is 0.300. The van der Waals surface area contributed by atoms with Gasteiger partial charge in [0.05, 0.1) is 11.6 Å². The van der Waals surface area contributed by atoms with E-state index in [9.17, 15) is 4.79 Å². The van der Waals surface area contributed by atoms with E-state index in [1.165, 1.54) is 5.56 Å². The van der Waals surface area contributed by atoms with Crippen molar-refractivity contribution in [2.45, 2.75) is 25.7 Å². The van der Waals surface area contributed by atoms with Crippen LogP contribution in [0.3, 0.4) is 0 Å². The van der Waals surface area contributed by atoms with Crippen LogP contribution < -0.4 is 5.73 Å². The highest BCUT2D eigenvalue weighted by Gasteiger charge is 2.23. The summed E-state index contributed by atoms with van der Waals surface area (Å²) in [6.07, 6.45) is 9.40. The van der Waals surface area contributed by atoms with Crippen molar-refractivity contribution in [3.63, 3.8) is 0 Å². The lowest BCUT2D eigenvalue weighted by Crippen LogP contribution is -2.32. The summed E-state index contributed by atoms with van der Waals surface area (Å²) >= 11 is 0. The van der Waals surface area contributed by atoms with Gasteiger partial charge in [-0.3, -0.25) is 4.79 Å². The van der Waals surface area contributed by atoms with Gasteiger partial charge in [0, 0.05) is 29.9 Å². The quantitative estimate of drug-likeness (QED) is 0.910. The molecule has 0 bridgehead atoms. The summed E-state index contributed by atoms with van der Waals surface area (Å²) in [5.41, 5.74) is 9.27. The number of hydrogen-bond donors (Lipinski definition) is 1. The number of benzene rings is 1. The molecule has 1 aliphatic carbocycles. The van der Waals surface area contributed by atoms with Crippen LogP contribution in [0.15, 0.2) is 60.0 Å². The Hall–Kier alpha value is -2.80. The highest BCUT2D eigenvalue weighted by Crippen LogP contribution is 2.27. The number of nitriles is 1. The van der Waals surface area contributed by atoms with Crippen molar-refractivity contribution < 1.29 is 4.79 Å². The number of nitrogens with two attached hydrogens (primary N) is 1. The number of nitrogens with zero attached hydrogens (tertiary/aromatic N) is 2. The van der Waals surface area contributed by atoms with Crippen molar-refractivity contribution in [1.82, 2.24) is 4.90 Å². The monoisotopic (exact) mass is 319 g/mol. The number of hydrogen-bond acceptors (Lipinski definition) is 3. The van der Waals surface area contributed by atoms with Crippen LogP contribution in [0.1, 0.15) is 36.8 Å². The minimum absolute atomic E-state index is 0.0133. The summed E-state index contributed by atoms with van der Waals surface area (Å²) < 4.78 is 0. The number of allylic oxidation sites excluding steroid dienone is 3. The Morgan fingerprint density at radius 1 is 1.33 bits per heavy atom. The van der Waals surface area contributed by atoms with E-state index in [0.29, 0.717) is 23.6 Å². The van der Waals surface area contributed by atoms with Crippen LogP contribution in [0.25, 0.3) is 0 Å². The van der Waals surface area contributed by atoms with E-state index in [-0.39, 0.29) is 11.8 Å². The van der Waals surface area contributed by atoms with Crippen LogP contribution in [0.4, 0.5) is 0 Å². The number of amides is 1. The molecular weight excluding hydrogens is 298 g/mol. The van der Waals surface area contributed by atoms with E-state index in [2.05, 4.69) is 19.1 Å². The van der Waals surface area contributed by atoms with Gasteiger partial charge in [-0.15, -0.1) is 0 Å². The molecule has 3 rings (SSSR count). The lowest BCUT2D eigenvalue weighted by molar-refractivity contribution is -0.124. The highest BCUT2D eigenvalue weighted by molar-refractivity contribution is 5.97. The Balaban J connectivity index is 1.69. The Morgan fingerprint density at radius 3 is 2.67 bits per heavy atom. The maximum absolute atomic E-state index is 12.6. The normalized spacial score (nSPS) is 23.2. The summed E-state index contributed by atoms with van der Waals surface area (Å²) in [5.74, 6) is 0.598. The van der Waals surface area contributed by atoms with E-state index < -0.39 is 0 Å². The molecule has 2 N–H and O–H groups in total. The Morgan fingerprint density at radius 2 is 2.08 bits per heavy atom. The predicted octanol–water partition coefficient (Wildman–Crippen LogP) is 3.20. The van der Waals surface area contributed by atoms with Gasteiger partial charge in [0.15, 0.2) is 0 Å². The summed E-state index contributed by atoms with van der Waals surface area (Å²) in [5, 5.41) is 8.87. The molecule has 0 saturated heterocycles. The first kappa shape index (κ1) is 16.1. The third-order valence-corrected chi connectivity index (χ3v) is 4.74. The Bertz CT molecular complexity index is 765. The van der Waals surface area contributed by atoms with Crippen molar-refractivity contribution in [2.75, 3.05) is 6.54 Å². The van der Waals surface area contributed by atoms with Gasteiger partial charge in [0.1, 0.15) is 0 Å². The Kier molecular flexibility index (Phi) is 4.52. The van der Waals surface area contributed by atoms with E-state index in [1.807, 2.05) is 36.5 Å². The second-order valence-corrected chi connectivity index (χ2v) is 6.41. The molecule has 0 spiro atoms. The first-order valence-electron chi connectivity index (χ1n) is 8.25. The predicted molar refractivity (Wildman–Crippen MR) is 93.5 cm³/mol. The lowest BCUT2D eigenvalue weighted by Gasteiger charge is -2.28. The molecule has 4 nitrogen and oxygen atoms in total. The average Bonchev–Trinajstić information content (AvgIpc) is 2.63. The van der Waals surface area contributed by atoms with E-state index >= 15 is 0 Å². The molecule has 1 unspecified atom stereocenters. The fourth-order valence-corrected chi connectivity index (χ4v) is 3.04. The molecule has 1 aromatic carbocycles. The van der Waals surface area contributed by atoms with Crippen LogP contribution in [-0.2, 0) is 4.79 Å². The largest absolute Gasteiger partial charge is 0.402 e. The zero-order valence-corrected chi connectivity index (χ0v) is 13.8. The summed E-state index contributed by atoms with van der Waals surface area (Å²) in [6, 6.07) is 9.77. The molecule has 4 heteroatoms.